The van der Waals surface area contributed by atoms with E-state index in [-0.39, 0.29) is 17.3 Å². The van der Waals surface area contributed by atoms with Crippen LogP contribution in [0.3, 0.4) is 0 Å². The maximum atomic E-state index is 14.4. The number of carbonyl (C=O) groups is 3. The minimum Gasteiger partial charge on any atom is -0.462 e. The highest BCUT2D eigenvalue weighted by atomic mass is 16.7. The Morgan fingerprint density at radius 3 is 2.31 bits per heavy atom. The van der Waals surface area contributed by atoms with Crippen molar-refractivity contribution in [1.82, 2.24) is 0 Å². The fourth-order valence-corrected chi connectivity index (χ4v) is 10.4. The van der Waals surface area contributed by atoms with Crippen molar-refractivity contribution in [2.45, 2.75) is 137 Å². The number of aliphatic hydroxyl groups is 4. The van der Waals surface area contributed by atoms with Crippen LogP contribution < -0.4 is 0 Å². The van der Waals surface area contributed by atoms with E-state index in [2.05, 4.69) is 53.3 Å². The lowest BCUT2D eigenvalue weighted by Gasteiger charge is -2.59. The second-order valence-corrected chi connectivity index (χ2v) is 17.0. The van der Waals surface area contributed by atoms with Gasteiger partial charge in [0.25, 0.3) is 0 Å². The van der Waals surface area contributed by atoms with Crippen molar-refractivity contribution in [3.63, 3.8) is 0 Å². The first-order valence-electron chi connectivity index (χ1n) is 18.1. The van der Waals surface area contributed by atoms with Gasteiger partial charge in [-0.25, -0.2) is 0 Å². The van der Waals surface area contributed by atoms with Crippen molar-refractivity contribution >= 4 is 17.7 Å². The Balaban J connectivity index is 1.56. The van der Waals surface area contributed by atoms with E-state index in [1.54, 1.807) is 0 Å². The second kappa shape index (κ2) is 13.3. The number of allylic oxidation sites excluding steroid dienone is 5. The molecular weight excluding hydrogens is 628 g/mol. The highest BCUT2D eigenvalue weighted by Gasteiger charge is 2.68. The number of Topliss-reactive ketones (excluding diaryl/α,β-unsaturated/α-hetero) is 1. The molecule has 10 nitrogen and oxygen atoms in total. The average molecular weight is 687 g/mol. The molecule has 4 aliphatic carbocycles. The van der Waals surface area contributed by atoms with Crippen molar-refractivity contribution in [1.29, 1.82) is 0 Å². The Kier molecular flexibility index (Phi) is 10.3. The zero-order chi connectivity index (χ0) is 36.4. The normalized spacial score (nSPS) is 41.9. The third kappa shape index (κ3) is 6.07. The van der Waals surface area contributed by atoms with Crippen LogP contribution in [0, 0.1) is 45.3 Å². The highest BCUT2D eigenvalue weighted by molar-refractivity contribution is 5.86. The molecule has 5 rings (SSSR count). The lowest BCUT2D eigenvalue weighted by molar-refractivity contribution is -0.294. The third-order valence-electron chi connectivity index (χ3n) is 13.8. The molecule has 1 heterocycles. The van der Waals surface area contributed by atoms with Gasteiger partial charge in [0, 0.05) is 30.1 Å². The number of carbonyl (C=O) groups excluding carboxylic acids is 3. The van der Waals surface area contributed by atoms with Crippen molar-refractivity contribution in [3.05, 3.63) is 35.5 Å². The van der Waals surface area contributed by atoms with Crippen LogP contribution >= 0.6 is 0 Å². The van der Waals surface area contributed by atoms with Gasteiger partial charge in [-0.1, -0.05) is 72.8 Å². The molecule has 1 saturated heterocycles. The molecule has 0 amide bonds. The quantitative estimate of drug-likeness (QED) is 0.200. The van der Waals surface area contributed by atoms with Crippen LogP contribution in [-0.4, -0.2) is 81.6 Å². The van der Waals surface area contributed by atoms with Crippen LogP contribution in [0.2, 0.25) is 0 Å². The number of aliphatic hydroxyl groups excluding tert-OH is 4. The number of esters is 2. The zero-order valence-electron chi connectivity index (χ0n) is 30.5. The van der Waals surface area contributed by atoms with Crippen LogP contribution in [-0.2, 0) is 28.6 Å². The summed E-state index contributed by atoms with van der Waals surface area (Å²) >= 11 is 0. The average Bonchev–Trinajstić information content (AvgIpc) is 3.25. The van der Waals surface area contributed by atoms with Crippen LogP contribution in [0.4, 0.5) is 0 Å². The van der Waals surface area contributed by atoms with E-state index in [1.807, 2.05) is 13.8 Å². The van der Waals surface area contributed by atoms with Gasteiger partial charge >= 0.3 is 11.9 Å². The second-order valence-electron chi connectivity index (χ2n) is 17.0. The van der Waals surface area contributed by atoms with Crippen molar-refractivity contribution in [3.8, 4) is 0 Å². The van der Waals surface area contributed by atoms with E-state index in [0.717, 1.165) is 18.4 Å². The standard InChI is InChI=1S/C39H58O10/c1-20(2)21(3)10-11-23(34(46)49-35-33(45)32(44)31(43)27(19-40)48-35)30-26(47-22(4)41)18-39(9)25-12-13-28-36(5,6)29(42)15-16-37(28,7)24(25)14-17-38(30,39)8/h12,14,20,23,26-28,30-33,35,40,43-45H,3,10-11,13,15-19H2,1-2,4-9H3/t23-,26-,27-,28+,30+,31-,32+,33-,35?,37-,38-,39+/m1/s1. The molecule has 274 valence electrons. The SMILES string of the molecule is C=C(CC[C@@H](C(=O)OC1O[C@H](CO)[C@@H](O)[C@H](O)[C@H]1O)[C@H]1[C@H](OC(C)=O)C[C@@]2(C)C3=CC[C@H]4C(C)(C)C(=O)CC[C@]4(C)C3=CC[C@]12C)C(C)C. The van der Waals surface area contributed by atoms with Gasteiger partial charge in [-0.3, -0.25) is 14.4 Å². The van der Waals surface area contributed by atoms with Gasteiger partial charge in [-0.05, 0) is 72.3 Å². The number of rotatable bonds is 9. The van der Waals surface area contributed by atoms with Gasteiger partial charge in [-0.2, -0.15) is 0 Å². The molecular formula is C39H58O10. The molecule has 0 aromatic carbocycles. The number of ketones is 1. The molecule has 5 aliphatic rings. The Morgan fingerprint density at radius 2 is 1.69 bits per heavy atom. The van der Waals surface area contributed by atoms with E-state index >= 15 is 0 Å². The smallest absolute Gasteiger partial charge is 0.311 e. The minimum atomic E-state index is -1.74. The van der Waals surface area contributed by atoms with Crippen LogP contribution in [0.5, 0.6) is 0 Å². The van der Waals surface area contributed by atoms with Gasteiger partial charge in [0.05, 0.1) is 12.5 Å². The molecule has 0 aromatic heterocycles. The van der Waals surface area contributed by atoms with Crippen molar-refractivity contribution in [2.75, 3.05) is 6.61 Å². The number of ether oxygens (including phenoxy) is 3. The Hall–Kier alpha value is -2.37. The molecule has 3 fully saturated rings. The largest absolute Gasteiger partial charge is 0.462 e. The molecule has 4 N–H and O–H groups in total. The predicted molar refractivity (Wildman–Crippen MR) is 181 cm³/mol. The van der Waals surface area contributed by atoms with Crippen molar-refractivity contribution < 1.29 is 49.0 Å². The van der Waals surface area contributed by atoms with E-state index < -0.39 is 83.4 Å². The van der Waals surface area contributed by atoms with Gasteiger partial charge in [0.2, 0.25) is 6.29 Å². The summed E-state index contributed by atoms with van der Waals surface area (Å²) in [6, 6.07) is 0. The number of hydrogen-bond acceptors (Lipinski definition) is 10. The molecule has 49 heavy (non-hydrogen) atoms. The molecule has 2 saturated carbocycles. The fourth-order valence-electron chi connectivity index (χ4n) is 10.4. The topological polar surface area (TPSA) is 160 Å². The highest BCUT2D eigenvalue weighted by Crippen LogP contribution is 2.72. The van der Waals surface area contributed by atoms with Crippen LogP contribution in [0.15, 0.2) is 35.5 Å². The van der Waals surface area contributed by atoms with Gasteiger partial charge < -0.3 is 34.6 Å². The summed E-state index contributed by atoms with van der Waals surface area (Å²) in [4.78, 5) is 40.2. The van der Waals surface area contributed by atoms with E-state index in [9.17, 15) is 34.8 Å². The number of fused-ring (bicyclic) bond motifs is 5. The first kappa shape index (κ1) is 37.9. The molecule has 0 aromatic rings. The molecule has 0 radical (unpaired) electrons. The lowest BCUT2D eigenvalue weighted by atomic mass is 9.44. The summed E-state index contributed by atoms with van der Waals surface area (Å²) in [5, 5.41) is 41.2. The maximum absolute atomic E-state index is 14.4. The Labute approximate surface area is 291 Å². The first-order valence-corrected chi connectivity index (χ1v) is 18.1. The summed E-state index contributed by atoms with van der Waals surface area (Å²) in [5.74, 6) is -1.80. The molecule has 1 aliphatic heterocycles. The lowest BCUT2D eigenvalue weighted by Crippen LogP contribution is -2.60. The molecule has 0 spiro atoms. The van der Waals surface area contributed by atoms with Gasteiger partial charge in [0.1, 0.15) is 36.3 Å². The first-order chi connectivity index (χ1) is 22.7. The molecule has 10 heteroatoms. The molecule has 0 bridgehead atoms. The van der Waals surface area contributed by atoms with E-state index in [0.29, 0.717) is 37.9 Å². The van der Waals surface area contributed by atoms with Crippen molar-refractivity contribution in [2.24, 2.45) is 45.3 Å². The summed E-state index contributed by atoms with van der Waals surface area (Å²) in [5.41, 5.74) is 1.72. The van der Waals surface area contributed by atoms with Crippen LogP contribution in [0.1, 0.15) is 100 Å². The summed E-state index contributed by atoms with van der Waals surface area (Å²) in [6.07, 6.45) is 0.105. The van der Waals surface area contributed by atoms with E-state index in [1.165, 1.54) is 18.1 Å². The van der Waals surface area contributed by atoms with Crippen LogP contribution in [0.25, 0.3) is 0 Å². The zero-order valence-corrected chi connectivity index (χ0v) is 30.5. The molecule has 1 unspecified atom stereocenters. The molecule has 12 atom stereocenters. The van der Waals surface area contributed by atoms with E-state index in [4.69, 9.17) is 14.2 Å². The van der Waals surface area contributed by atoms with Gasteiger partial charge in [0.15, 0.2) is 0 Å². The summed E-state index contributed by atoms with van der Waals surface area (Å²) in [6.45, 7) is 19.9. The van der Waals surface area contributed by atoms with Gasteiger partial charge in [-0.15, -0.1) is 0 Å². The Morgan fingerprint density at radius 1 is 1.02 bits per heavy atom. The fraction of sp³-hybridized carbons (Fsp3) is 0.769. The maximum Gasteiger partial charge on any atom is 0.311 e. The monoisotopic (exact) mass is 686 g/mol. The minimum absolute atomic E-state index is 0.161. The summed E-state index contributed by atoms with van der Waals surface area (Å²) < 4.78 is 17.5. The number of hydrogen-bond donors (Lipinski definition) is 4. The predicted octanol–water partition coefficient (Wildman–Crippen LogP) is 4.57. The summed E-state index contributed by atoms with van der Waals surface area (Å²) in [7, 11) is 0. The third-order valence-corrected chi connectivity index (χ3v) is 13.8. The Bertz CT molecular complexity index is 1410.